The molecule has 0 aliphatic carbocycles. The Labute approximate surface area is 93.4 Å². The Hall–Kier alpha value is -1.89. The van der Waals surface area contributed by atoms with Gasteiger partial charge in [-0.1, -0.05) is 0 Å². The van der Waals surface area contributed by atoms with E-state index in [1.165, 1.54) is 12.4 Å². The second kappa shape index (κ2) is 4.75. The van der Waals surface area contributed by atoms with Gasteiger partial charge in [-0.15, -0.1) is 0 Å². The molecule has 0 saturated heterocycles. The first-order valence-corrected chi connectivity index (χ1v) is 4.69. The van der Waals surface area contributed by atoms with Crippen molar-refractivity contribution in [1.82, 2.24) is 9.97 Å². The molecule has 0 fully saturated rings. The van der Waals surface area contributed by atoms with E-state index in [0.717, 1.165) is 0 Å². The number of aromatic nitrogens is 2. The van der Waals surface area contributed by atoms with Gasteiger partial charge < -0.3 is 10.2 Å². The van der Waals surface area contributed by atoms with Gasteiger partial charge in [0.25, 0.3) is 0 Å². The Morgan fingerprint density at radius 3 is 2.38 bits per heavy atom. The van der Waals surface area contributed by atoms with Gasteiger partial charge in [-0.05, 0) is 20.8 Å². The van der Waals surface area contributed by atoms with E-state index in [1.807, 2.05) is 0 Å². The average Bonchev–Trinajstić information content (AvgIpc) is 2.16. The van der Waals surface area contributed by atoms with Gasteiger partial charge in [0.05, 0.1) is 18.1 Å². The van der Waals surface area contributed by atoms with E-state index in [4.69, 9.17) is 10.6 Å². The van der Waals surface area contributed by atoms with E-state index in [1.54, 1.807) is 20.8 Å². The normalized spacial score (nSPS) is 10.8. The fourth-order valence-corrected chi connectivity index (χ4v) is 0.862. The van der Waals surface area contributed by atoms with Crippen LogP contribution in [0.15, 0.2) is 12.4 Å². The van der Waals surface area contributed by atoms with E-state index in [9.17, 15) is 4.79 Å². The van der Waals surface area contributed by atoms with Crippen LogP contribution in [0, 0.1) is 0 Å². The van der Waals surface area contributed by atoms with E-state index < -0.39 is 11.7 Å². The molecule has 0 radical (unpaired) electrons. The number of anilines is 2. The fraction of sp³-hybridized carbons (Fsp3) is 0.444. The number of carbonyl (C=O) groups excluding carboxylic acids is 1. The largest absolute Gasteiger partial charge is 0.444 e. The Kier molecular flexibility index (Phi) is 3.62. The Bertz CT molecular complexity index is 357. The van der Waals surface area contributed by atoms with Crippen molar-refractivity contribution in [2.75, 3.05) is 10.7 Å². The molecule has 0 unspecified atom stereocenters. The van der Waals surface area contributed by atoms with Crippen molar-refractivity contribution >= 4 is 17.7 Å². The zero-order valence-electron chi connectivity index (χ0n) is 9.44. The smallest absolute Gasteiger partial charge is 0.414 e. The third kappa shape index (κ3) is 4.09. The van der Waals surface area contributed by atoms with Gasteiger partial charge >= 0.3 is 6.09 Å². The molecule has 0 atom stereocenters. The van der Waals surface area contributed by atoms with Crippen LogP contribution in [-0.4, -0.2) is 21.7 Å². The van der Waals surface area contributed by atoms with Gasteiger partial charge in [0.1, 0.15) is 5.60 Å². The fourth-order valence-electron chi connectivity index (χ4n) is 0.862. The van der Waals surface area contributed by atoms with Gasteiger partial charge in [-0.25, -0.2) is 14.8 Å². The van der Waals surface area contributed by atoms with Crippen LogP contribution in [0.2, 0.25) is 0 Å². The molecular weight excluding hydrogens is 210 g/mol. The summed E-state index contributed by atoms with van der Waals surface area (Å²) in [6.07, 6.45) is 2.29. The Morgan fingerprint density at radius 1 is 1.38 bits per heavy atom. The van der Waals surface area contributed by atoms with Crippen LogP contribution in [0.1, 0.15) is 20.8 Å². The van der Waals surface area contributed by atoms with Crippen molar-refractivity contribution in [3.63, 3.8) is 0 Å². The van der Waals surface area contributed by atoms with Gasteiger partial charge in [-0.2, -0.15) is 0 Å². The van der Waals surface area contributed by atoms with Crippen LogP contribution >= 0.6 is 0 Å². The molecule has 1 amide bonds. The van der Waals surface area contributed by atoms with E-state index in [-0.39, 0.29) is 5.95 Å². The predicted molar refractivity (Wildman–Crippen MR) is 59.7 cm³/mol. The summed E-state index contributed by atoms with van der Waals surface area (Å²) in [6.45, 7) is 5.32. The summed E-state index contributed by atoms with van der Waals surface area (Å²) in [5.74, 6) is 5.30. The molecule has 7 nitrogen and oxygen atoms in total. The third-order valence-corrected chi connectivity index (χ3v) is 1.43. The second-order valence-corrected chi connectivity index (χ2v) is 4.07. The summed E-state index contributed by atoms with van der Waals surface area (Å²) in [6, 6.07) is 0. The molecule has 1 aromatic heterocycles. The molecule has 0 aliphatic heterocycles. The molecule has 4 N–H and O–H groups in total. The van der Waals surface area contributed by atoms with Crippen molar-refractivity contribution in [3.8, 4) is 0 Å². The highest BCUT2D eigenvalue weighted by Crippen LogP contribution is 2.09. The topological polar surface area (TPSA) is 102 Å². The number of hydrazine groups is 1. The molecule has 7 heteroatoms. The standard InChI is InChI=1S/C9H15N5O2/c1-9(2,3)16-8(15)13-7-11-4-6(14-10)5-12-7/h4-5,14H,10H2,1-3H3,(H,11,12,13,15). The number of nitrogens with two attached hydrogens (primary N) is 1. The Balaban J connectivity index is 2.56. The summed E-state index contributed by atoms with van der Waals surface area (Å²) < 4.78 is 5.03. The van der Waals surface area contributed by atoms with Crippen molar-refractivity contribution in [2.24, 2.45) is 5.84 Å². The summed E-state index contributed by atoms with van der Waals surface area (Å²) in [4.78, 5) is 19.0. The zero-order chi connectivity index (χ0) is 12.2. The van der Waals surface area contributed by atoms with Gasteiger partial charge in [0.2, 0.25) is 5.95 Å². The second-order valence-electron chi connectivity index (χ2n) is 4.07. The maximum absolute atomic E-state index is 11.3. The number of nitrogen functional groups attached to an aromatic ring is 1. The number of ether oxygens (including phenoxy) is 1. The van der Waals surface area contributed by atoms with Crippen LogP contribution < -0.4 is 16.6 Å². The van der Waals surface area contributed by atoms with Crippen molar-refractivity contribution < 1.29 is 9.53 Å². The molecule has 16 heavy (non-hydrogen) atoms. The monoisotopic (exact) mass is 225 g/mol. The first-order valence-electron chi connectivity index (χ1n) is 4.69. The highest BCUT2D eigenvalue weighted by Gasteiger charge is 2.16. The number of carbonyl (C=O) groups is 1. The highest BCUT2D eigenvalue weighted by molar-refractivity contribution is 5.82. The van der Waals surface area contributed by atoms with Crippen molar-refractivity contribution in [2.45, 2.75) is 26.4 Å². The lowest BCUT2D eigenvalue weighted by Crippen LogP contribution is -2.27. The number of hydrogen-bond acceptors (Lipinski definition) is 6. The summed E-state index contributed by atoms with van der Waals surface area (Å²) in [5.41, 5.74) is 2.37. The SMILES string of the molecule is CC(C)(C)OC(=O)Nc1ncc(NN)cn1. The lowest BCUT2D eigenvalue weighted by Gasteiger charge is -2.19. The zero-order valence-corrected chi connectivity index (χ0v) is 9.44. The van der Waals surface area contributed by atoms with E-state index in [0.29, 0.717) is 5.69 Å². The number of nitrogens with one attached hydrogen (secondary N) is 2. The predicted octanol–water partition coefficient (Wildman–Crippen LogP) is 1.11. The summed E-state index contributed by atoms with van der Waals surface area (Å²) in [5, 5.41) is 2.40. The van der Waals surface area contributed by atoms with E-state index >= 15 is 0 Å². The molecule has 88 valence electrons. The number of amides is 1. The van der Waals surface area contributed by atoms with Crippen LogP contribution in [0.5, 0.6) is 0 Å². The first kappa shape index (κ1) is 12.2. The molecule has 0 bridgehead atoms. The van der Waals surface area contributed by atoms with Gasteiger partial charge in [-0.3, -0.25) is 11.2 Å². The minimum atomic E-state index is -0.596. The molecule has 1 aromatic rings. The number of rotatable bonds is 2. The summed E-state index contributed by atoms with van der Waals surface area (Å²) >= 11 is 0. The first-order chi connectivity index (χ1) is 7.40. The quantitative estimate of drug-likeness (QED) is 0.514. The number of nitrogens with zero attached hydrogens (tertiary/aromatic N) is 2. The summed E-state index contributed by atoms with van der Waals surface area (Å²) in [7, 11) is 0. The molecule has 0 aliphatic rings. The van der Waals surface area contributed by atoms with Crippen LogP contribution in [0.3, 0.4) is 0 Å². The minimum absolute atomic E-state index is 0.160. The lowest BCUT2D eigenvalue weighted by molar-refractivity contribution is 0.0634. The maximum Gasteiger partial charge on any atom is 0.414 e. The highest BCUT2D eigenvalue weighted by atomic mass is 16.6. The van der Waals surface area contributed by atoms with Crippen LogP contribution in [0.4, 0.5) is 16.4 Å². The Morgan fingerprint density at radius 2 is 1.94 bits per heavy atom. The molecular formula is C9H15N5O2. The van der Waals surface area contributed by atoms with Gasteiger partial charge in [0, 0.05) is 0 Å². The maximum atomic E-state index is 11.3. The molecule has 1 rings (SSSR count). The molecule has 1 heterocycles. The van der Waals surface area contributed by atoms with Crippen LogP contribution in [0.25, 0.3) is 0 Å². The lowest BCUT2D eigenvalue weighted by atomic mass is 10.2. The average molecular weight is 225 g/mol. The van der Waals surface area contributed by atoms with Crippen molar-refractivity contribution in [1.29, 1.82) is 0 Å². The molecule has 0 aromatic carbocycles. The third-order valence-electron chi connectivity index (χ3n) is 1.43. The molecule has 0 spiro atoms. The van der Waals surface area contributed by atoms with Crippen LogP contribution in [-0.2, 0) is 4.74 Å². The van der Waals surface area contributed by atoms with E-state index in [2.05, 4.69) is 20.7 Å². The molecule has 0 saturated carbocycles. The minimum Gasteiger partial charge on any atom is -0.444 e. The van der Waals surface area contributed by atoms with Gasteiger partial charge in [0.15, 0.2) is 0 Å². The number of hydrogen-bond donors (Lipinski definition) is 3. The van der Waals surface area contributed by atoms with Crippen molar-refractivity contribution in [3.05, 3.63) is 12.4 Å².